The van der Waals surface area contributed by atoms with Crippen molar-refractivity contribution in [1.29, 1.82) is 0 Å². The molecular weight excluding hydrogens is 408 g/mol. The van der Waals surface area contributed by atoms with Gasteiger partial charge >= 0.3 is 0 Å². The standard InChI is InChI=1S/C21H21BrN2OS/c1-5-24-19(17-7-6-13(2)14(3)12-17)15(4)26-21(24)23-20(25)16-8-10-18(22)11-9-16/h6-12H,5H2,1-4H3. The number of hydrogen-bond acceptors (Lipinski definition) is 2. The lowest BCUT2D eigenvalue weighted by atomic mass is 10.0. The molecule has 3 rings (SSSR count). The van der Waals surface area contributed by atoms with Crippen LogP contribution in [0.3, 0.4) is 0 Å². The number of aryl methyl sites for hydroxylation is 3. The van der Waals surface area contributed by atoms with E-state index in [4.69, 9.17) is 0 Å². The summed E-state index contributed by atoms with van der Waals surface area (Å²) in [7, 11) is 0. The van der Waals surface area contributed by atoms with E-state index in [9.17, 15) is 4.79 Å². The van der Waals surface area contributed by atoms with Crippen LogP contribution in [0.1, 0.15) is 33.3 Å². The molecule has 5 heteroatoms. The zero-order valence-electron chi connectivity index (χ0n) is 15.3. The highest BCUT2D eigenvalue weighted by atomic mass is 79.9. The predicted octanol–water partition coefficient (Wildman–Crippen LogP) is 5.67. The Morgan fingerprint density at radius 3 is 2.38 bits per heavy atom. The third-order valence-electron chi connectivity index (χ3n) is 4.46. The van der Waals surface area contributed by atoms with Crippen molar-refractivity contribution in [2.75, 3.05) is 0 Å². The molecule has 1 aromatic heterocycles. The van der Waals surface area contributed by atoms with Crippen molar-refractivity contribution in [3.63, 3.8) is 0 Å². The first-order valence-corrected chi connectivity index (χ1v) is 10.1. The van der Waals surface area contributed by atoms with Gasteiger partial charge in [0.25, 0.3) is 5.91 Å². The molecule has 3 nitrogen and oxygen atoms in total. The van der Waals surface area contributed by atoms with Crippen LogP contribution in [0.2, 0.25) is 0 Å². The second-order valence-electron chi connectivity index (χ2n) is 6.26. The zero-order chi connectivity index (χ0) is 18.8. The molecule has 0 saturated heterocycles. The van der Waals surface area contributed by atoms with Gasteiger partial charge in [0.1, 0.15) is 0 Å². The molecule has 26 heavy (non-hydrogen) atoms. The maximum atomic E-state index is 12.6. The molecule has 1 heterocycles. The van der Waals surface area contributed by atoms with E-state index < -0.39 is 0 Å². The number of hydrogen-bond donors (Lipinski definition) is 0. The fraction of sp³-hybridized carbons (Fsp3) is 0.238. The molecule has 0 unspecified atom stereocenters. The highest BCUT2D eigenvalue weighted by molar-refractivity contribution is 9.10. The number of rotatable bonds is 3. The Morgan fingerprint density at radius 1 is 1.08 bits per heavy atom. The third-order valence-corrected chi connectivity index (χ3v) is 5.99. The average Bonchev–Trinajstić information content (AvgIpc) is 2.93. The van der Waals surface area contributed by atoms with E-state index in [0.29, 0.717) is 5.56 Å². The highest BCUT2D eigenvalue weighted by Gasteiger charge is 2.14. The summed E-state index contributed by atoms with van der Waals surface area (Å²) in [4.78, 5) is 18.9. The van der Waals surface area contributed by atoms with Crippen molar-refractivity contribution in [3.05, 3.63) is 73.3 Å². The molecule has 0 bridgehead atoms. The van der Waals surface area contributed by atoms with E-state index in [1.807, 2.05) is 12.1 Å². The Hall–Kier alpha value is -1.98. The lowest BCUT2D eigenvalue weighted by Gasteiger charge is -2.10. The normalized spacial score (nSPS) is 11.8. The van der Waals surface area contributed by atoms with E-state index in [2.05, 4.69) is 71.4 Å². The molecule has 3 aromatic rings. The van der Waals surface area contributed by atoms with Crippen LogP contribution in [0, 0.1) is 20.8 Å². The molecule has 0 aliphatic heterocycles. The van der Waals surface area contributed by atoms with Crippen molar-refractivity contribution in [1.82, 2.24) is 4.57 Å². The van der Waals surface area contributed by atoms with Gasteiger partial charge in [0.05, 0.1) is 5.69 Å². The van der Waals surface area contributed by atoms with Crippen molar-refractivity contribution >= 4 is 33.2 Å². The van der Waals surface area contributed by atoms with Gasteiger partial charge in [0, 0.05) is 21.5 Å². The van der Waals surface area contributed by atoms with Crippen LogP contribution in [0.5, 0.6) is 0 Å². The maximum Gasteiger partial charge on any atom is 0.279 e. The number of carbonyl (C=O) groups is 1. The number of halogens is 1. The van der Waals surface area contributed by atoms with Gasteiger partial charge in [-0.25, -0.2) is 0 Å². The first-order chi connectivity index (χ1) is 12.4. The Bertz CT molecular complexity index is 1030. The summed E-state index contributed by atoms with van der Waals surface area (Å²) < 4.78 is 3.07. The van der Waals surface area contributed by atoms with Crippen molar-refractivity contribution < 1.29 is 4.79 Å². The fourth-order valence-electron chi connectivity index (χ4n) is 2.89. The minimum absolute atomic E-state index is 0.215. The van der Waals surface area contributed by atoms with Crippen LogP contribution < -0.4 is 4.80 Å². The number of carbonyl (C=O) groups excluding carboxylic acids is 1. The second kappa shape index (κ2) is 7.72. The summed E-state index contributed by atoms with van der Waals surface area (Å²) >= 11 is 4.95. The molecule has 0 aliphatic rings. The van der Waals surface area contributed by atoms with Crippen molar-refractivity contribution in [2.45, 2.75) is 34.2 Å². The lowest BCUT2D eigenvalue weighted by molar-refractivity contribution is 0.0998. The van der Waals surface area contributed by atoms with Crippen LogP contribution in [0.4, 0.5) is 0 Å². The summed E-state index contributed by atoms with van der Waals surface area (Å²) in [5.41, 5.74) is 5.44. The SMILES string of the molecule is CCn1c(-c2ccc(C)c(C)c2)c(C)sc1=NC(=O)c1ccc(Br)cc1. The Labute approximate surface area is 166 Å². The Kier molecular flexibility index (Phi) is 5.58. The minimum Gasteiger partial charge on any atom is -0.316 e. The maximum absolute atomic E-state index is 12.6. The van der Waals surface area contributed by atoms with Crippen LogP contribution in [-0.2, 0) is 6.54 Å². The molecule has 134 valence electrons. The van der Waals surface area contributed by atoms with E-state index in [1.165, 1.54) is 16.7 Å². The van der Waals surface area contributed by atoms with Crippen LogP contribution >= 0.6 is 27.3 Å². The van der Waals surface area contributed by atoms with Gasteiger partial charge in [-0.2, -0.15) is 4.99 Å². The van der Waals surface area contributed by atoms with E-state index in [1.54, 1.807) is 23.5 Å². The molecule has 0 fully saturated rings. The summed E-state index contributed by atoms with van der Waals surface area (Å²) in [5.74, 6) is -0.215. The van der Waals surface area contributed by atoms with Gasteiger partial charge < -0.3 is 4.57 Å². The lowest BCUT2D eigenvalue weighted by Crippen LogP contribution is -2.17. The van der Waals surface area contributed by atoms with E-state index in [0.717, 1.165) is 26.4 Å². The molecular formula is C21H21BrN2OS. The average molecular weight is 429 g/mol. The minimum atomic E-state index is -0.215. The largest absolute Gasteiger partial charge is 0.316 e. The summed E-state index contributed by atoms with van der Waals surface area (Å²) in [6.45, 7) is 9.17. The van der Waals surface area contributed by atoms with E-state index in [-0.39, 0.29) is 5.91 Å². The second-order valence-corrected chi connectivity index (χ2v) is 8.35. The number of benzene rings is 2. The monoisotopic (exact) mass is 428 g/mol. The quantitative estimate of drug-likeness (QED) is 0.529. The van der Waals surface area contributed by atoms with Gasteiger partial charge in [-0.1, -0.05) is 28.1 Å². The van der Waals surface area contributed by atoms with Crippen LogP contribution in [-0.4, -0.2) is 10.5 Å². The predicted molar refractivity (Wildman–Crippen MR) is 112 cm³/mol. The summed E-state index contributed by atoms with van der Waals surface area (Å²) in [6.07, 6.45) is 0. The summed E-state index contributed by atoms with van der Waals surface area (Å²) in [6, 6.07) is 13.8. The molecule has 0 spiro atoms. The molecule has 1 amide bonds. The topological polar surface area (TPSA) is 34.4 Å². The molecule has 2 aromatic carbocycles. The molecule has 0 N–H and O–H groups in total. The van der Waals surface area contributed by atoms with Gasteiger partial charge in [-0.3, -0.25) is 4.79 Å². The molecule has 0 saturated carbocycles. The highest BCUT2D eigenvalue weighted by Crippen LogP contribution is 2.27. The summed E-state index contributed by atoms with van der Waals surface area (Å²) in [5, 5.41) is 0. The molecule has 0 aliphatic carbocycles. The van der Waals surface area contributed by atoms with Crippen LogP contribution in [0.15, 0.2) is 51.9 Å². The third kappa shape index (κ3) is 3.74. The first-order valence-electron chi connectivity index (χ1n) is 8.53. The van der Waals surface area contributed by atoms with E-state index >= 15 is 0 Å². The smallest absolute Gasteiger partial charge is 0.279 e. The van der Waals surface area contributed by atoms with Crippen molar-refractivity contribution in [2.24, 2.45) is 4.99 Å². The van der Waals surface area contributed by atoms with Crippen molar-refractivity contribution in [3.8, 4) is 11.3 Å². The molecule has 0 radical (unpaired) electrons. The van der Waals surface area contributed by atoms with Gasteiger partial charge in [-0.15, -0.1) is 11.3 Å². The number of nitrogens with zero attached hydrogens (tertiary/aromatic N) is 2. The first kappa shape index (κ1) is 18.8. The van der Waals surface area contributed by atoms with Gasteiger partial charge in [-0.05, 0) is 74.7 Å². The Balaban J connectivity index is 2.10. The Morgan fingerprint density at radius 2 is 1.77 bits per heavy atom. The van der Waals surface area contributed by atoms with Gasteiger partial charge in [0.2, 0.25) is 0 Å². The zero-order valence-corrected chi connectivity index (χ0v) is 17.7. The number of thiazole rings is 1. The number of amides is 1. The fourth-order valence-corrected chi connectivity index (χ4v) is 4.22. The number of aromatic nitrogens is 1. The van der Waals surface area contributed by atoms with Crippen LogP contribution in [0.25, 0.3) is 11.3 Å². The van der Waals surface area contributed by atoms with Gasteiger partial charge in [0.15, 0.2) is 4.80 Å². The molecule has 0 atom stereocenters.